The first-order valence-corrected chi connectivity index (χ1v) is 7.18. The van der Waals surface area contributed by atoms with Crippen molar-refractivity contribution < 1.29 is 4.39 Å². The predicted octanol–water partition coefficient (Wildman–Crippen LogP) is 4.87. The molecule has 0 fully saturated rings. The van der Waals surface area contributed by atoms with Crippen LogP contribution in [-0.4, -0.2) is 18.5 Å². The van der Waals surface area contributed by atoms with Crippen LogP contribution in [0.1, 0.15) is 37.8 Å². The highest BCUT2D eigenvalue weighted by atomic mass is 19.1. The van der Waals surface area contributed by atoms with Gasteiger partial charge in [-0.1, -0.05) is 42.9 Å². The van der Waals surface area contributed by atoms with Crippen LogP contribution in [0.4, 0.5) is 4.39 Å². The van der Waals surface area contributed by atoms with Crippen molar-refractivity contribution in [1.82, 2.24) is 4.90 Å². The summed E-state index contributed by atoms with van der Waals surface area (Å²) in [6, 6.07) is 5.44. The number of nitrogens with zero attached hydrogens (tertiary/aromatic N) is 1. The average molecular weight is 275 g/mol. The Hall–Kier alpha value is -1.41. The van der Waals surface area contributed by atoms with Gasteiger partial charge >= 0.3 is 0 Å². The van der Waals surface area contributed by atoms with Gasteiger partial charge in [-0.15, -0.1) is 0 Å². The highest BCUT2D eigenvalue weighted by Crippen LogP contribution is 2.15. The van der Waals surface area contributed by atoms with Crippen molar-refractivity contribution in [2.24, 2.45) is 0 Å². The summed E-state index contributed by atoms with van der Waals surface area (Å²) in [7, 11) is 2.03. The zero-order chi connectivity index (χ0) is 15.1. The molecule has 0 saturated heterocycles. The maximum atomic E-state index is 13.9. The molecule has 1 aromatic rings. The molecule has 0 bridgehead atoms. The Bertz CT molecular complexity index is 488. The molecule has 0 N–H and O–H groups in total. The lowest BCUT2D eigenvalue weighted by Crippen LogP contribution is -2.21. The summed E-state index contributed by atoms with van der Waals surface area (Å²) < 4.78 is 13.9. The number of aryl methyl sites for hydroxylation is 1. The van der Waals surface area contributed by atoms with E-state index in [9.17, 15) is 4.39 Å². The first kappa shape index (κ1) is 16.6. The van der Waals surface area contributed by atoms with Gasteiger partial charge in [0.15, 0.2) is 0 Å². The summed E-state index contributed by atoms with van der Waals surface area (Å²) in [5, 5.41) is 0. The van der Waals surface area contributed by atoms with E-state index in [4.69, 9.17) is 0 Å². The molecule has 2 heteroatoms. The van der Waals surface area contributed by atoms with Crippen molar-refractivity contribution in [2.45, 2.75) is 40.2 Å². The molecular weight excluding hydrogens is 249 g/mol. The van der Waals surface area contributed by atoms with E-state index in [-0.39, 0.29) is 5.82 Å². The molecular formula is C18H26FN. The van der Waals surface area contributed by atoms with Gasteiger partial charge in [-0.25, -0.2) is 4.39 Å². The third-order valence-corrected chi connectivity index (χ3v) is 3.14. The molecule has 110 valence electrons. The van der Waals surface area contributed by atoms with Crippen LogP contribution in [0, 0.1) is 12.7 Å². The standard InChI is InChI=1S/C18H26FN/c1-6-7-16(10-14(2)3)12-20(5)13-17-9-8-15(4)11-18(17)19/h7-9,11H,2,6,10,12-13H2,1,3-5H3/b16-7+. The Morgan fingerprint density at radius 1 is 1.40 bits per heavy atom. The molecule has 1 rings (SSSR count). The number of rotatable bonds is 7. The first-order chi connectivity index (χ1) is 9.42. The van der Waals surface area contributed by atoms with E-state index in [1.165, 1.54) is 11.1 Å². The molecule has 0 heterocycles. The van der Waals surface area contributed by atoms with Crippen molar-refractivity contribution in [3.8, 4) is 0 Å². The minimum absolute atomic E-state index is 0.113. The molecule has 0 saturated carbocycles. The SMILES string of the molecule is C=C(C)C/C(=C\CC)CN(C)Cc1ccc(C)cc1F. The maximum Gasteiger partial charge on any atom is 0.127 e. The Morgan fingerprint density at radius 3 is 2.65 bits per heavy atom. The molecule has 0 spiro atoms. The van der Waals surface area contributed by atoms with Gasteiger partial charge < -0.3 is 0 Å². The fourth-order valence-electron chi connectivity index (χ4n) is 2.34. The molecule has 0 amide bonds. The summed E-state index contributed by atoms with van der Waals surface area (Å²) in [6.45, 7) is 11.5. The minimum atomic E-state index is -0.113. The van der Waals surface area contributed by atoms with Crippen molar-refractivity contribution in [3.05, 3.63) is 58.9 Å². The Balaban J connectivity index is 2.67. The molecule has 0 aromatic heterocycles. The highest BCUT2D eigenvalue weighted by molar-refractivity contribution is 5.23. The zero-order valence-electron chi connectivity index (χ0n) is 13.2. The normalized spacial score (nSPS) is 12.0. The molecule has 1 aromatic carbocycles. The number of halogens is 1. The number of benzene rings is 1. The molecule has 0 aliphatic carbocycles. The van der Waals surface area contributed by atoms with Crippen molar-refractivity contribution in [3.63, 3.8) is 0 Å². The van der Waals surface area contributed by atoms with Crippen molar-refractivity contribution in [2.75, 3.05) is 13.6 Å². The quantitative estimate of drug-likeness (QED) is 0.642. The molecule has 0 radical (unpaired) electrons. The third-order valence-electron chi connectivity index (χ3n) is 3.14. The van der Waals surface area contributed by atoms with Gasteiger partial charge in [0.25, 0.3) is 0 Å². The molecule has 1 nitrogen and oxygen atoms in total. The molecule has 0 aliphatic heterocycles. The lowest BCUT2D eigenvalue weighted by atomic mass is 10.1. The zero-order valence-corrected chi connectivity index (χ0v) is 13.2. The second kappa shape index (κ2) is 8.01. The lowest BCUT2D eigenvalue weighted by molar-refractivity contribution is 0.345. The average Bonchev–Trinajstić information content (AvgIpc) is 2.32. The maximum absolute atomic E-state index is 13.9. The van der Waals surface area contributed by atoms with E-state index in [0.29, 0.717) is 6.54 Å². The van der Waals surface area contributed by atoms with Crippen LogP contribution in [0.5, 0.6) is 0 Å². The van der Waals surface area contributed by atoms with Gasteiger partial charge in [0.1, 0.15) is 5.82 Å². The third kappa shape index (κ3) is 5.70. The van der Waals surface area contributed by atoms with E-state index < -0.39 is 0 Å². The Morgan fingerprint density at radius 2 is 2.10 bits per heavy atom. The fourth-order valence-corrected chi connectivity index (χ4v) is 2.34. The van der Waals surface area contributed by atoms with Crippen LogP contribution in [0.3, 0.4) is 0 Å². The lowest BCUT2D eigenvalue weighted by Gasteiger charge is -2.19. The van der Waals surface area contributed by atoms with Crippen LogP contribution < -0.4 is 0 Å². The van der Waals surface area contributed by atoms with Crippen molar-refractivity contribution in [1.29, 1.82) is 0 Å². The summed E-state index contributed by atoms with van der Waals surface area (Å²) >= 11 is 0. The van der Waals surface area contributed by atoms with E-state index >= 15 is 0 Å². The monoisotopic (exact) mass is 275 g/mol. The first-order valence-electron chi connectivity index (χ1n) is 7.18. The van der Waals surface area contributed by atoms with Crippen LogP contribution >= 0.6 is 0 Å². The van der Waals surface area contributed by atoms with Gasteiger partial charge in [-0.2, -0.15) is 0 Å². The fraction of sp³-hybridized carbons (Fsp3) is 0.444. The van der Waals surface area contributed by atoms with Gasteiger partial charge in [-0.3, -0.25) is 4.90 Å². The van der Waals surface area contributed by atoms with Gasteiger partial charge in [0.2, 0.25) is 0 Å². The smallest absolute Gasteiger partial charge is 0.127 e. The number of hydrogen-bond acceptors (Lipinski definition) is 1. The van der Waals surface area contributed by atoms with Gasteiger partial charge in [0, 0.05) is 18.7 Å². The predicted molar refractivity (Wildman–Crippen MR) is 85.3 cm³/mol. The minimum Gasteiger partial charge on any atom is -0.298 e. The van der Waals surface area contributed by atoms with Gasteiger partial charge in [0.05, 0.1) is 0 Å². The largest absolute Gasteiger partial charge is 0.298 e. The second-order valence-electron chi connectivity index (χ2n) is 5.67. The van der Waals surface area contributed by atoms with Crippen LogP contribution in [0.15, 0.2) is 42.0 Å². The van der Waals surface area contributed by atoms with E-state index in [1.807, 2.05) is 33.0 Å². The van der Waals surface area contributed by atoms with Crippen LogP contribution in [0.25, 0.3) is 0 Å². The highest BCUT2D eigenvalue weighted by Gasteiger charge is 2.08. The van der Waals surface area contributed by atoms with Crippen molar-refractivity contribution >= 4 is 0 Å². The summed E-state index contributed by atoms with van der Waals surface area (Å²) in [5.41, 5.74) is 4.24. The summed E-state index contributed by atoms with van der Waals surface area (Å²) in [5.74, 6) is -0.113. The van der Waals surface area contributed by atoms with E-state index in [0.717, 1.165) is 30.5 Å². The number of allylic oxidation sites excluding steroid dienone is 2. The Kier molecular flexibility index (Phi) is 6.66. The summed E-state index contributed by atoms with van der Waals surface area (Å²) in [4.78, 5) is 2.15. The molecule has 0 atom stereocenters. The van der Waals surface area contributed by atoms with Crippen LogP contribution in [0.2, 0.25) is 0 Å². The summed E-state index contributed by atoms with van der Waals surface area (Å²) in [6.07, 6.45) is 4.20. The van der Waals surface area contributed by atoms with Crippen LogP contribution in [-0.2, 0) is 6.54 Å². The Labute approximate surface area is 122 Å². The molecule has 0 unspecified atom stereocenters. The van der Waals surface area contributed by atoms with Gasteiger partial charge in [-0.05, 0) is 45.4 Å². The van der Waals surface area contributed by atoms with E-state index in [1.54, 1.807) is 6.07 Å². The topological polar surface area (TPSA) is 3.24 Å². The second-order valence-corrected chi connectivity index (χ2v) is 5.67. The number of likely N-dealkylation sites (N-methyl/N-ethyl adjacent to an activating group) is 1. The van der Waals surface area contributed by atoms with E-state index in [2.05, 4.69) is 24.5 Å². The number of hydrogen-bond donors (Lipinski definition) is 0. The molecule has 20 heavy (non-hydrogen) atoms. The molecule has 0 aliphatic rings.